The second-order valence-electron chi connectivity index (χ2n) is 7.09. The Bertz CT molecular complexity index is 800. The number of piperazine rings is 1. The molecule has 142 valence electrons. The Morgan fingerprint density at radius 3 is 2.48 bits per heavy atom. The fraction of sp³-hybridized carbons (Fsp3) is 0.333. The monoisotopic (exact) mass is 386 g/mol. The SMILES string of the molecule is Cc1ccccc1/C=N\NC(=O)C[NH+]1CC[NH+](Cc2ccccc2Cl)CC1. The summed E-state index contributed by atoms with van der Waals surface area (Å²) < 4.78 is 0. The van der Waals surface area contributed by atoms with Gasteiger partial charge in [-0.05, 0) is 24.1 Å². The summed E-state index contributed by atoms with van der Waals surface area (Å²) in [5.74, 6) is -0.0376. The van der Waals surface area contributed by atoms with Crippen LogP contribution in [-0.4, -0.2) is 44.8 Å². The number of halogens is 1. The number of rotatable bonds is 6. The maximum Gasteiger partial charge on any atom is 0.295 e. The molecule has 1 saturated heterocycles. The van der Waals surface area contributed by atoms with Gasteiger partial charge >= 0.3 is 0 Å². The zero-order chi connectivity index (χ0) is 19.1. The van der Waals surface area contributed by atoms with Crippen molar-refractivity contribution in [3.05, 3.63) is 70.2 Å². The van der Waals surface area contributed by atoms with Crippen LogP contribution in [0, 0.1) is 6.92 Å². The van der Waals surface area contributed by atoms with Crippen molar-refractivity contribution in [3.63, 3.8) is 0 Å². The third-order valence-electron chi connectivity index (χ3n) is 5.05. The predicted molar refractivity (Wildman–Crippen MR) is 108 cm³/mol. The molecule has 0 atom stereocenters. The lowest BCUT2D eigenvalue weighted by Crippen LogP contribution is -3.28. The summed E-state index contributed by atoms with van der Waals surface area (Å²) in [6, 6.07) is 16.0. The summed E-state index contributed by atoms with van der Waals surface area (Å²) in [5, 5.41) is 4.93. The number of carbonyl (C=O) groups is 1. The molecule has 0 saturated carbocycles. The van der Waals surface area contributed by atoms with Crippen LogP contribution in [0.3, 0.4) is 0 Å². The van der Waals surface area contributed by atoms with Gasteiger partial charge in [0, 0.05) is 10.6 Å². The van der Waals surface area contributed by atoms with E-state index in [1.54, 1.807) is 6.21 Å². The highest BCUT2D eigenvalue weighted by molar-refractivity contribution is 6.31. The van der Waals surface area contributed by atoms with Gasteiger partial charge in [-0.1, -0.05) is 54.1 Å². The molecule has 1 aliphatic rings. The molecule has 27 heavy (non-hydrogen) atoms. The first-order chi connectivity index (χ1) is 13.1. The van der Waals surface area contributed by atoms with Gasteiger partial charge in [-0.15, -0.1) is 0 Å². The van der Waals surface area contributed by atoms with Crippen LogP contribution in [0.2, 0.25) is 5.02 Å². The number of hydrazone groups is 1. The van der Waals surface area contributed by atoms with Gasteiger partial charge in [-0.25, -0.2) is 5.43 Å². The van der Waals surface area contributed by atoms with E-state index in [0.29, 0.717) is 6.54 Å². The molecule has 3 N–H and O–H groups in total. The average Bonchev–Trinajstić information content (AvgIpc) is 2.67. The summed E-state index contributed by atoms with van der Waals surface area (Å²) >= 11 is 6.26. The molecule has 0 bridgehead atoms. The molecular weight excluding hydrogens is 360 g/mol. The third-order valence-corrected chi connectivity index (χ3v) is 5.42. The van der Waals surface area contributed by atoms with E-state index >= 15 is 0 Å². The first-order valence-corrected chi connectivity index (χ1v) is 9.77. The van der Waals surface area contributed by atoms with Crippen molar-refractivity contribution in [2.24, 2.45) is 5.10 Å². The molecule has 0 spiro atoms. The fourth-order valence-electron chi connectivity index (χ4n) is 3.39. The number of nitrogens with one attached hydrogen (secondary N) is 3. The van der Waals surface area contributed by atoms with Crippen molar-refractivity contribution >= 4 is 23.7 Å². The number of nitrogens with zero attached hydrogens (tertiary/aromatic N) is 1. The highest BCUT2D eigenvalue weighted by Crippen LogP contribution is 2.13. The van der Waals surface area contributed by atoms with Crippen LogP contribution < -0.4 is 15.2 Å². The van der Waals surface area contributed by atoms with Gasteiger partial charge in [-0.2, -0.15) is 5.10 Å². The molecule has 0 aliphatic carbocycles. The van der Waals surface area contributed by atoms with Crippen LogP contribution in [-0.2, 0) is 11.3 Å². The standard InChI is InChI=1S/C21H25ClN4O/c1-17-6-2-3-7-18(17)14-23-24-21(27)16-26-12-10-25(11-13-26)15-19-8-4-5-9-20(19)22/h2-9,14H,10-13,15-16H2,1H3,(H,24,27)/p+2/b23-14-. The molecule has 0 radical (unpaired) electrons. The van der Waals surface area contributed by atoms with Gasteiger partial charge in [0.2, 0.25) is 0 Å². The van der Waals surface area contributed by atoms with E-state index in [0.717, 1.165) is 48.9 Å². The number of carbonyl (C=O) groups excluding carboxylic acids is 1. The zero-order valence-corrected chi connectivity index (χ0v) is 16.4. The lowest BCUT2D eigenvalue weighted by Gasteiger charge is -2.29. The highest BCUT2D eigenvalue weighted by Gasteiger charge is 2.25. The Labute approximate surface area is 165 Å². The summed E-state index contributed by atoms with van der Waals surface area (Å²) in [5.41, 5.74) is 6.00. The molecule has 2 aromatic rings. The first-order valence-electron chi connectivity index (χ1n) is 9.40. The highest BCUT2D eigenvalue weighted by atomic mass is 35.5. The molecule has 1 aliphatic heterocycles. The van der Waals surface area contributed by atoms with E-state index < -0.39 is 0 Å². The molecule has 5 nitrogen and oxygen atoms in total. The molecule has 1 fully saturated rings. The quantitative estimate of drug-likeness (QED) is 0.478. The van der Waals surface area contributed by atoms with E-state index in [-0.39, 0.29) is 5.91 Å². The van der Waals surface area contributed by atoms with Crippen molar-refractivity contribution in [1.82, 2.24) is 5.43 Å². The van der Waals surface area contributed by atoms with E-state index in [4.69, 9.17) is 11.6 Å². The van der Waals surface area contributed by atoms with Crippen LogP contribution in [0.4, 0.5) is 0 Å². The zero-order valence-electron chi connectivity index (χ0n) is 15.7. The molecule has 1 heterocycles. The second-order valence-corrected chi connectivity index (χ2v) is 7.50. The Morgan fingerprint density at radius 2 is 1.74 bits per heavy atom. The summed E-state index contributed by atoms with van der Waals surface area (Å²) in [7, 11) is 0. The largest absolute Gasteiger partial charge is 0.322 e. The normalized spacial score (nSPS) is 19.9. The van der Waals surface area contributed by atoms with E-state index in [9.17, 15) is 4.79 Å². The minimum absolute atomic E-state index is 0.0376. The smallest absolute Gasteiger partial charge is 0.295 e. The topological polar surface area (TPSA) is 50.3 Å². The Morgan fingerprint density at radius 1 is 1.07 bits per heavy atom. The van der Waals surface area contributed by atoms with Crippen molar-refractivity contribution in [3.8, 4) is 0 Å². The molecule has 6 heteroatoms. The molecule has 2 aromatic carbocycles. The van der Waals surface area contributed by atoms with Crippen LogP contribution in [0.1, 0.15) is 16.7 Å². The van der Waals surface area contributed by atoms with Gasteiger partial charge in [0.1, 0.15) is 32.7 Å². The maximum atomic E-state index is 12.1. The Kier molecular flexibility index (Phi) is 6.98. The van der Waals surface area contributed by atoms with Gasteiger partial charge in [0.05, 0.1) is 6.21 Å². The van der Waals surface area contributed by atoms with Gasteiger partial charge < -0.3 is 9.80 Å². The summed E-state index contributed by atoms with van der Waals surface area (Å²) in [4.78, 5) is 15.0. The molecular formula is C21H27ClN4O+2. The number of aryl methyl sites for hydroxylation is 1. The minimum atomic E-state index is -0.0376. The number of hydrogen-bond donors (Lipinski definition) is 3. The minimum Gasteiger partial charge on any atom is -0.322 e. The summed E-state index contributed by atoms with van der Waals surface area (Å²) in [6.07, 6.45) is 1.70. The van der Waals surface area contributed by atoms with Gasteiger partial charge in [0.25, 0.3) is 5.91 Å². The van der Waals surface area contributed by atoms with Gasteiger partial charge in [-0.3, -0.25) is 4.79 Å². The molecule has 0 aromatic heterocycles. The molecule has 1 amide bonds. The van der Waals surface area contributed by atoms with Crippen LogP contribution in [0.5, 0.6) is 0 Å². The van der Waals surface area contributed by atoms with Crippen molar-refractivity contribution in [2.45, 2.75) is 13.5 Å². The van der Waals surface area contributed by atoms with Crippen molar-refractivity contribution in [1.29, 1.82) is 0 Å². The maximum absolute atomic E-state index is 12.1. The first kappa shape index (κ1) is 19.5. The van der Waals surface area contributed by atoms with Crippen molar-refractivity contribution in [2.75, 3.05) is 32.7 Å². The lowest BCUT2D eigenvalue weighted by atomic mass is 10.1. The van der Waals surface area contributed by atoms with Crippen LogP contribution >= 0.6 is 11.6 Å². The van der Waals surface area contributed by atoms with Gasteiger partial charge in [0.15, 0.2) is 6.54 Å². The Hall–Kier alpha value is -2.21. The number of benzene rings is 2. The van der Waals surface area contributed by atoms with Crippen LogP contribution in [0.15, 0.2) is 53.6 Å². The number of amides is 1. The van der Waals surface area contributed by atoms with Crippen molar-refractivity contribution < 1.29 is 14.6 Å². The van der Waals surface area contributed by atoms with E-state index in [1.807, 2.05) is 49.4 Å². The van der Waals surface area contributed by atoms with E-state index in [1.165, 1.54) is 15.4 Å². The predicted octanol–water partition coefficient (Wildman–Crippen LogP) is 0.0821. The number of quaternary nitrogens is 2. The van der Waals surface area contributed by atoms with E-state index in [2.05, 4.69) is 16.6 Å². The second kappa shape index (κ2) is 9.65. The fourth-order valence-corrected chi connectivity index (χ4v) is 3.60. The lowest BCUT2D eigenvalue weighted by molar-refractivity contribution is -1.02. The molecule has 3 rings (SSSR count). The molecule has 0 unspecified atom stereocenters. The Balaban J connectivity index is 1.40. The average molecular weight is 387 g/mol. The summed E-state index contributed by atoms with van der Waals surface area (Å²) in [6.45, 7) is 7.48. The number of hydrogen-bond acceptors (Lipinski definition) is 2. The third kappa shape index (κ3) is 5.89. The van der Waals surface area contributed by atoms with Crippen LogP contribution in [0.25, 0.3) is 0 Å².